The molecule has 0 heteroatoms. The SMILES string of the molecule is CCC(C)(C=C(C)C)C(C)C(C)C. The minimum Gasteiger partial charge on any atom is -0.0799 e. The predicted octanol–water partition coefficient (Wildman–Crippen LogP) is 4.66. The second-order valence-corrected chi connectivity index (χ2v) is 5.11. The molecule has 0 aliphatic carbocycles. The summed E-state index contributed by atoms with van der Waals surface area (Å²) in [7, 11) is 0. The van der Waals surface area contributed by atoms with Crippen LogP contribution in [0, 0.1) is 17.3 Å². The van der Waals surface area contributed by atoms with Crippen molar-refractivity contribution in [3.63, 3.8) is 0 Å². The molecule has 0 aromatic heterocycles. The van der Waals surface area contributed by atoms with Crippen molar-refractivity contribution in [1.82, 2.24) is 0 Å². The molecule has 0 spiro atoms. The van der Waals surface area contributed by atoms with Crippen LogP contribution in [0.2, 0.25) is 0 Å². The zero-order chi connectivity index (χ0) is 10.6. The minimum absolute atomic E-state index is 0.382. The Morgan fingerprint density at radius 2 is 1.69 bits per heavy atom. The maximum absolute atomic E-state index is 2.44. The molecule has 0 saturated carbocycles. The van der Waals surface area contributed by atoms with Gasteiger partial charge in [0.25, 0.3) is 0 Å². The molecule has 13 heavy (non-hydrogen) atoms. The van der Waals surface area contributed by atoms with Gasteiger partial charge >= 0.3 is 0 Å². The molecule has 0 saturated heterocycles. The number of hydrogen-bond donors (Lipinski definition) is 0. The van der Waals surface area contributed by atoms with Crippen molar-refractivity contribution in [2.45, 2.75) is 54.9 Å². The van der Waals surface area contributed by atoms with E-state index < -0.39 is 0 Å². The lowest BCUT2D eigenvalue weighted by Gasteiger charge is -2.35. The van der Waals surface area contributed by atoms with Crippen LogP contribution in [-0.2, 0) is 0 Å². The zero-order valence-corrected chi connectivity index (χ0v) is 10.4. The number of allylic oxidation sites excluding steroid dienone is 2. The molecular formula is C13H26. The van der Waals surface area contributed by atoms with E-state index in [0.29, 0.717) is 5.41 Å². The fraction of sp³-hybridized carbons (Fsp3) is 0.846. The third-order valence-electron chi connectivity index (χ3n) is 3.42. The summed E-state index contributed by atoms with van der Waals surface area (Å²) < 4.78 is 0. The standard InChI is InChI=1S/C13H26/c1-8-13(7,9-10(2)3)12(6)11(4)5/h9,11-12H,8H2,1-7H3. The van der Waals surface area contributed by atoms with Crippen LogP contribution in [0.4, 0.5) is 0 Å². The van der Waals surface area contributed by atoms with Gasteiger partial charge in [0.1, 0.15) is 0 Å². The normalized spacial score (nSPS) is 18.2. The highest BCUT2D eigenvalue weighted by Crippen LogP contribution is 2.37. The van der Waals surface area contributed by atoms with E-state index in [1.165, 1.54) is 12.0 Å². The van der Waals surface area contributed by atoms with Crippen LogP contribution in [0.15, 0.2) is 11.6 Å². The smallest absolute Gasteiger partial charge is 0.0119 e. The number of hydrogen-bond acceptors (Lipinski definition) is 0. The van der Waals surface area contributed by atoms with Crippen LogP contribution >= 0.6 is 0 Å². The van der Waals surface area contributed by atoms with Crippen molar-refractivity contribution in [2.75, 3.05) is 0 Å². The first-order valence-electron chi connectivity index (χ1n) is 5.49. The Morgan fingerprint density at radius 3 is 1.92 bits per heavy atom. The summed E-state index contributed by atoms with van der Waals surface area (Å²) in [4.78, 5) is 0. The van der Waals surface area contributed by atoms with E-state index in [-0.39, 0.29) is 0 Å². The Balaban J connectivity index is 4.72. The molecule has 0 aromatic carbocycles. The zero-order valence-electron chi connectivity index (χ0n) is 10.4. The van der Waals surface area contributed by atoms with E-state index in [4.69, 9.17) is 0 Å². The summed E-state index contributed by atoms with van der Waals surface area (Å²) in [5.74, 6) is 1.52. The first-order valence-corrected chi connectivity index (χ1v) is 5.49. The fourth-order valence-corrected chi connectivity index (χ4v) is 1.98. The molecule has 0 bridgehead atoms. The van der Waals surface area contributed by atoms with Gasteiger partial charge in [-0.05, 0) is 37.5 Å². The van der Waals surface area contributed by atoms with Crippen LogP contribution in [0.1, 0.15) is 54.9 Å². The van der Waals surface area contributed by atoms with Gasteiger partial charge in [-0.15, -0.1) is 0 Å². The lowest BCUT2D eigenvalue weighted by atomic mass is 9.70. The van der Waals surface area contributed by atoms with E-state index in [0.717, 1.165) is 11.8 Å². The van der Waals surface area contributed by atoms with Crippen molar-refractivity contribution in [1.29, 1.82) is 0 Å². The Kier molecular flexibility index (Phi) is 4.74. The molecule has 0 aliphatic rings. The summed E-state index contributed by atoms with van der Waals surface area (Å²) in [6.07, 6.45) is 3.68. The predicted molar refractivity (Wildman–Crippen MR) is 61.8 cm³/mol. The first kappa shape index (κ1) is 12.7. The van der Waals surface area contributed by atoms with Gasteiger partial charge in [-0.2, -0.15) is 0 Å². The van der Waals surface area contributed by atoms with Crippen LogP contribution in [0.3, 0.4) is 0 Å². The van der Waals surface area contributed by atoms with E-state index in [9.17, 15) is 0 Å². The van der Waals surface area contributed by atoms with Crippen molar-refractivity contribution < 1.29 is 0 Å². The topological polar surface area (TPSA) is 0 Å². The molecule has 0 rings (SSSR count). The van der Waals surface area contributed by atoms with Gasteiger partial charge in [-0.25, -0.2) is 0 Å². The summed E-state index contributed by atoms with van der Waals surface area (Å²) in [6.45, 7) is 16.1. The monoisotopic (exact) mass is 182 g/mol. The van der Waals surface area contributed by atoms with Gasteiger partial charge in [-0.3, -0.25) is 0 Å². The average molecular weight is 182 g/mol. The second-order valence-electron chi connectivity index (χ2n) is 5.11. The third kappa shape index (κ3) is 3.54. The van der Waals surface area contributed by atoms with E-state index in [2.05, 4.69) is 54.5 Å². The Hall–Kier alpha value is -0.260. The summed E-state index contributed by atoms with van der Waals surface area (Å²) >= 11 is 0. The van der Waals surface area contributed by atoms with E-state index >= 15 is 0 Å². The fourth-order valence-electron chi connectivity index (χ4n) is 1.98. The van der Waals surface area contributed by atoms with Gasteiger partial charge in [0.2, 0.25) is 0 Å². The molecule has 2 atom stereocenters. The lowest BCUT2D eigenvalue weighted by molar-refractivity contribution is 0.203. The molecule has 0 amide bonds. The molecule has 0 N–H and O–H groups in total. The Labute approximate surface area is 84.4 Å². The van der Waals surface area contributed by atoms with Gasteiger partial charge < -0.3 is 0 Å². The molecule has 0 heterocycles. The molecule has 78 valence electrons. The van der Waals surface area contributed by atoms with Gasteiger partial charge in [0.05, 0.1) is 0 Å². The van der Waals surface area contributed by atoms with Crippen LogP contribution in [0.25, 0.3) is 0 Å². The van der Waals surface area contributed by atoms with Crippen molar-refractivity contribution in [3.8, 4) is 0 Å². The Morgan fingerprint density at radius 1 is 1.23 bits per heavy atom. The molecule has 0 radical (unpaired) electrons. The third-order valence-corrected chi connectivity index (χ3v) is 3.42. The first-order chi connectivity index (χ1) is 5.83. The van der Waals surface area contributed by atoms with E-state index in [1.54, 1.807) is 0 Å². The van der Waals surface area contributed by atoms with Crippen molar-refractivity contribution in [2.24, 2.45) is 17.3 Å². The largest absolute Gasteiger partial charge is 0.0799 e. The number of rotatable bonds is 4. The lowest BCUT2D eigenvalue weighted by Crippen LogP contribution is -2.26. The highest BCUT2D eigenvalue weighted by Gasteiger charge is 2.28. The molecule has 2 unspecified atom stereocenters. The molecule has 0 aliphatic heterocycles. The van der Waals surface area contributed by atoms with Gasteiger partial charge in [0.15, 0.2) is 0 Å². The minimum atomic E-state index is 0.382. The highest BCUT2D eigenvalue weighted by atomic mass is 14.3. The Bertz CT molecular complexity index is 172. The molecular weight excluding hydrogens is 156 g/mol. The maximum Gasteiger partial charge on any atom is -0.0119 e. The van der Waals surface area contributed by atoms with E-state index in [1.807, 2.05) is 0 Å². The molecule has 0 fully saturated rings. The maximum atomic E-state index is 2.44. The van der Waals surface area contributed by atoms with Gasteiger partial charge in [0, 0.05) is 0 Å². The second kappa shape index (κ2) is 4.83. The molecule has 0 nitrogen and oxygen atoms in total. The quantitative estimate of drug-likeness (QED) is 0.555. The molecule has 0 aromatic rings. The van der Waals surface area contributed by atoms with Crippen molar-refractivity contribution in [3.05, 3.63) is 11.6 Å². The van der Waals surface area contributed by atoms with Crippen LogP contribution < -0.4 is 0 Å². The van der Waals surface area contributed by atoms with Crippen molar-refractivity contribution >= 4 is 0 Å². The summed E-state index contributed by atoms with van der Waals surface area (Å²) in [5.41, 5.74) is 1.82. The van der Waals surface area contributed by atoms with Gasteiger partial charge in [-0.1, -0.05) is 46.3 Å². The van der Waals surface area contributed by atoms with Crippen LogP contribution in [0.5, 0.6) is 0 Å². The average Bonchev–Trinajstić information content (AvgIpc) is 2.01. The summed E-state index contributed by atoms with van der Waals surface area (Å²) in [5, 5.41) is 0. The summed E-state index contributed by atoms with van der Waals surface area (Å²) in [6, 6.07) is 0. The highest BCUT2D eigenvalue weighted by molar-refractivity contribution is 5.05. The van der Waals surface area contributed by atoms with Crippen LogP contribution in [-0.4, -0.2) is 0 Å².